The van der Waals surface area contributed by atoms with E-state index in [1.165, 1.54) is 39.0 Å². The third kappa shape index (κ3) is 1.95. The van der Waals surface area contributed by atoms with E-state index in [1.807, 2.05) is 6.92 Å². The minimum Gasteiger partial charge on any atom is -0.340 e. The van der Waals surface area contributed by atoms with Gasteiger partial charge in [-0.1, -0.05) is 5.16 Å². The van der Waals surface area contributed by atoms with Gasteiger partial charge in [-0.05, 0) is 24.7 Å². The standard InChI is InChI=1S/C13H20N4O/c1-9-14-13(15-18-9)8-16-4-10-6-17(12-2-3-12)7-11(10)5-16/h10-12H,2-8H2,1H3. The van der Waals surface area contributed by atoms with Crippen LogP contribution in [0.3, 0.4) is 0 Å². The molecule has 0 N–H and O–H groups in total. The van der Waals surface area contributed by atoms with E-state index in [1.54, 1.807) is 0 Å². The molecule has 2 atom stereocenters. The van der Waals surface area contributed by atoms with Crippen LogP contribution in [0.25, 0.3) is 0 Å². The molecule has 5 heteroatoms. The third-order valence-corrected chi connectivity index (χ3v) is 4.59. The molecule has 3 fully saturated rings. The van der Waals surface area contributed by atoms with E-state index in [0.29, 0.717) is 5.89 Å². The van der Waals surface area contributed by atoms with E-state index in [4.69, 9.17) is 4.52 Å². The molecule has 0 spiro atoms. The summed E-state index contributed by atoms with van der Waals surface area (Å²) in [5.41, 5.74) is 0. The number of aromatic nitrogens is 2. The van der Waals surface area contributed by atoms with E-state index >= 15 is 0 Å². The molecule has 4 rings (SSSR count). The summed E-state index contributed by atoms with van der Waals surface area (Å²) in [6, 6.07) is 0.934. The number of nitrogens with zero attached hydrogens (tertiary/aromatic N) is 4. The van der Waals surface area contributed by atoms with Crippen molar-refractivity contribution in [1.82, 2.24) is 19.9 Å². The number of hydrogen-bond donors (Lipinski definition) is 0. The maximum atomic E-state index is 5.03. The highest BCUT2D eigenvalue weighted by Gasteiger charge is 2.44. The molecule has 3 aliphatic rings. The summed E-state index contributed by atoms with van der Waals surface area (Å²) in [5, 5.41) is 3.99. The minimum atomic E-state index is 0.671. The number of hydrogen-bond acceptors (Lipinski definition) is 5. The number of fused-ring (bicyclic) bond motifs is 1. The van der Waals surface area contributed by atoms with Crippen LogP contribution in [0, 0.1) is 18.8 Å². The summed E-state index contributed by atoms with van der Waals surface area (Å²) in [6.07, 6.45) is 2.87. The first-order valence-electron chi connectivity index (χ1n) is 7.03. The van der Waals surface area contributed by atoms with Crippen LogP contribution in [0.4, 0.5) is 0 Å². The Labute approximate surface area is 107 Å². The lowest BCUT2D eigenvalue weighted by molar-refractivity contribution is 0.240. The molecule has 0 amide bonds. The zero-order valence-corrected chi connectivity index (χ0v) is 10.9. The SMILES string of the molecule is Cc1nc(CN2CC3CN(C4CC4)CC3C2)no1. The summed E-state index contributed by atoms with van der Waals surface area (Å²) < 4.78 is 5.03. The fourth-order valence-corrected chi connectivity index (χ4v) is 3.60. The Morgan fingerprint density at radius 3 is 2.44 bits per heavy atom. The maximum absolute atomic E-state index is 5.03. The first kappa shape index (κ1) is 10.9. The van der Waals surface area contributed by atoms with Crippen LogP contribution < -0.4 is 0 Å². The lowest BCUT2D eigenvalue weighted by atomic mass is 10.0. The van der Waals surface area contributed by atoms with Crippen LogP contribution >= 0.6 is 0 Å². The quantitative estimate of drug-likeness (QED) is 0.795. The van der Waals surface area contributed by atoms with Crippen molar-refractivity contribution in [2.24, 2.45) is 11.8 Å². The van der Waals surface area contributed by atoms with E-state index in [2.05, 4.69) is 19.9 Å². The average Bonchev–Trinajstić information content (AvgIpc) is 2.84. The fraction of sp³-hybridized carbons (Fsp3) is 0.846. The van der Waals surface area contributed by atoms with Gasteiger partial charge < -0.3 is 4.52 Å². The Balaban J connectivity index is 1.35. The van der Waals surface area contributed by atoms with E-state index in [-0.39, 0.29) is 0 Å². The molecule has 0 radical (unpaired) electrons. The van der Waals surface area contributed by atoms with Gasteiger partial charge in [-0.15, -0.1) is 0 Å². The molecule has 0 aromatic carbocycles. The highest BCUT2D eigenvalue weighted by Crippen LogP contribution is 2.37. The second-order valence-electron chi connectivity index (χ2n) is 6.13. The molecule has 98 valence electrons. The number of aryl methyl sites for hydroxylation is 1. The van der Waals surface area contributed by atoms with Crippen LogP contribution in [0.5, 0.6) is 0 Å². The van der Waals surface area contributed by atoms with Gasteiger partial charge in [-0.25, -0.2) is 0 Å². The Morgan fingerprint density at radius 2 is 1.89 bits per heavy atom. The van der Waals surface area contributed by atoms with Crippen molar-refractivity contribution < 1.29 is 4.52 Å². The maximum Gasteiger partial charge on any atom is 0.223 e. The predicted molar refractivity (Wildman–Crippen MR) is 65.9 cm³/mol. The molecule has 1 aliphatic carbocycles. The predicted octanol–water partition coefficient (Wildman–Crippen LogP) is 0.904. The molecule has 5 nitrogen and oxygen atoms in total. The van der Waals surface area contributed by atoms with Gasteiger partial charge in [0.15, 0.2) is 5.82 Å². The molecule has 3 heterocycles. The summed E-state index contributed by atoms with van der Waals surface area (Å²) >= 11 is 0. The molecule has 2 aliphatic heterocycles. The first-order valence-corrected chi connectivity index (χ1v) is 7.03. The molecule has 2 saturated heterocycles. The number of likely N-dealkylation sites (tertiary alicyclic amines) is 2. The normalized spacial score (nSPS) is 33.2. The van der Waals surface area contributed by atoms with Crippen molar-refractivity contribution in [3.8, 4) is 0 Å². The van der Waals surface area contributed by atoms with E-state index < -0.39 is 0 Å². The van der Waals surface area contributed by atoms with Gasteiger partial charge in [-0.3, -0.25) is 9.80 Å². The van der Waals surface area contributed by atoms with Gasteiger partial charge in [0.05, 0.1) is 6.54 Å². The highest BCUT2D eigenvalue weighted by molar-refractivity contribution is 4.99. The minimum absolute atomic E-state index is 0.671. The molecular weight excluding hydrogens is 228 g/mol. The lowest BCUT2D eigenvalue weighted by Crippen LogP contribution is -2.30. The van der Waals surface area contributed by atoms with E-state index in [0.717, 1.165) is 30.2 Å². The summed E-state index contributed by atoms with van der Waals surface area (Å²) in [6.45, 7) is 7.76. The van der Waals surface area contributed by atoms with Gasteiger partial charge in [-0.2, -0.15) is 4.98 Å². The van der Waals surface area contributed by atoms with Gasteiger partial charge in [0.25, 0.3) is 0 Å². The zero-order chi connectivity index (χ0) is 12.1. The van der Waals surface area contributed by atoms with Crippen molar-refractivity contribution in [3.63, 3.8) is 0 Å². The highest BCUT2D eigenvalue weighted by atomic mass is 16.5. The van der Waals surface area contributed by atoms with Gasteiger partial charge >= 0.3 is 0 Å². The Kier molecular flexibility index (Phi) is 2.45. The first-order chi connectivity index (χ1) is 8.78. The van der Waals surface area contributed by atoms with Crippen LogP contribution in [-0.4, -0.2) is 52.2 Å². The summed E-state index contributed by atoms with van der Waals surface area (Å²) in [5.74, 6) is 3.26. The Morgan fingerprint density at radius 1 is 1.17 bits per heavy atom. The van der Waals surface area contributed by atoms with Crippen LogP contribution in [0.15, 0.2) is 4.52 Å². The fourth-order valence-electron chi connectivity index (χ4n) is 3.60. The zero-order valence-electron chi connectivity index (χ0n) is 10.9. The summed E-state index contributed by atoms with van der Waals surface area (Å²) in [4.78, 5) is 9.49. The molecule has 0 bridgehead atoms. The average molecular weight is 248 g/mol. The second kappa shape index (κ2) is 4.03. The largest absolute Gasteiger partial charge is 0.340 e. The van der Waals surface area contributed by atoms with Crippen molar-refractivity contribution in [1.29, 1.82) is 0 Å². The van der Waals surface area contributed by atoms with Crippen LogP contribution in [-0.2, 0) is 6.54 Å². The van der Waals surface area contributed by atoms with Gasteiger partial charge in [0.1, 0.15) is 0 Å². The van der Waals surface area contributed by atoms with Gasteiger partial charge in [0, 0.05) is 39.1 Å². The van der Waals surface area contributed by atoms with Crippen molar-refractivity contribution in [2.75, 3.05) is 26.2 Å². The molecule has 2 unspecified atom stereocenters. The van der Waals surface area contributed by atoms with Crippen molar-refractivity contribution >= 4 is 0 Å². The Bertz CT molecular complexity index is 428. The second-order valence-corrected chi connectivity index (χ2v) is 6.13. The van der Waals surface area contributed by atoms with Crippen LogP contribution in [0.1, 0.15) is 24.6 Å². The topological polar surface area (TPSA) is 45.4 Å². The van der Waals surface area contributed by atoms with E-state index in [9.17, 15) is 0 Å². The molecule has 1 saturated carbocycles. The third-order valence-electron chi connectivity index (χ3n) is 4.59. The number of rotatable bonds is 3. The smallest absolute Gasteiger partial charge is 0.223 e. The van der Waals surface area contributed by atoms with Crippen LogP contribution in [0.2, 0.25) is 0 Å². The molecule has 1 aromatic rings. The summed E-state index contributed by atoms with van der Waals surface area (Å²) in [7, 11) is 0. The van der Waals surface area contributed by atoms with Crippen molar-refractivity contribution in [2.45, 2.75) is 32.4 Å². The monoisotopic (exact) mass is 248 g/mol. The Hall–Kier alpha value is -0.940. The van der Waals surface area contributed by atoms with Crippen molar-refractivity contribution in [3.05, 3.63) is 11.7 Å². The molecule has 18 heavy (non-hydrogen) atoms. The lowest BCUT2D eigenvalue weighted by Gasteiger charge is -2.19. The molecular formula is C13H20N4O. The van der Waals surface area contributed by atoms with Gasteiger partial charge in [0.2, 0.25) is 5.89 Å². The molecule has 1 aromatic heterocycles.